The Kier molecular flexibility index (Phi) is 8.36. The van der Waals surface area contributed by atoms with Crippen LogP contribution in [0.25, 0.3) is 11.1 Å². The smallest absolute Gasteiger partial charge is 0.227 e. The zero-order valence-electron chi connectivity index (χ0n) is 14.3. The highest BCUT2D eigenvalue weighted by atomic mass is 35.5. The van der Waals surface area contributed by atoms with Gasteiger partial charge in [0.1, 0.15) is 0 Å². The van der Waals surface area contributed by atoms with Crippen LogP contribution < -0.4 is 11.1 Å². The minimum atomic E-state index is 0. The Labute approximate surface area is 161 Å². The van der Waals surface area contributed by atoms with E-state index in [0.29, 0.717) is 0 Å². The lowest BCUT2D eigenvalue weighted by Gasteiger charge is -2.26. The van der Waals surface area contributed by atoms with Gasteiger partial charge in [-0.05, 0) is 61.1 Å². The Morgan fingerprint density at radius 1 is 1.12 bits per heavy atom. The van der Waals surface area contributed by atoms with Gasteiger partial charge in [0.05, 0.1) is 0 Å². The van der Waals surface area contributed by atoms with Crippen molar-refractivity contribution in [2.24, 2.45) is 11.7 Å². The van der Waals surface area contributed by atoms with E-state index in [4.69, 9.17) is 5.73 Å². The molecule has 6 heteroatoms. The van der Waals surface area contributed by atoms with Gasteiger partial charge in [-0.2, -0.15) is 0 Å². The van der Waals surface area contributed by atoms with E-state index in [0.717, 1.165) is 48.1 Å². The van der Waals surface area contributed by atoms with E-state index in [1.807, 2.05) is 31.2 Å². The Bertz CT molecular complexity index is 694. The zero-order chi connectivity index (χ0) is 16.2. The van der Waals surface area contributed by atoms with Crippen LogP contribution in [0, 0.1) is 12.8 Å². The van der Waals surface area contributed by atoms with Crippen LogP contribution in [0.4, 0.5) is 5.69 Å². The molecular formula is C19H25Cl2N3O. The summed E-state index contributed by atoms with van der Waals surface area (Å²) in [6, 6.07) is 10.2. The van der Waals surface area contributed by atoms with Gasteiger partial charge in [-0.3, -0.25) is 9.78 Å². The Hall–Kier alpha value is -1.62. The third-order valence-electron chi connectivity index (χ3n) is 4.59. The summed E-state index contributed by atoms with van der Waals surface area (Å²) in [6.45, 7) is 2.01. The second-order valence-electron chi connectivity index (χ2n) is 6.38. The van der Waals surface area contributed by atoms with Crippen LogP contribution in [0.3, 0.4) is 0 Å². The number of benzene rings is 1. The van der Waals surface area contributed by atoms with Gasteiger partial charge in [-0.1, -0.05) is 18.6 Å². The number of aromatic nitrogens is 1. The van der Waals surface area contributed by atoms with Crippen molar-refractivity contribution in [2.45, 2.75) is 38.6 Å². The monoisotopic (exact) mass is 381 g/mol. The van der Waals surface area contributed by atoms with Gasteiger partial charge in [0.2, 0.25) is 5.91 Å². The van der Waals surface area contributed by atoms with Crippen molar-refractivity contribution in [2.75, 3.05) is 5.32 Å². The fourth-order valence-corrected chi connectivity index (χ4v) is 3.18. The second kappa shape index (κ2) is 9.76. The van der Waals surface area contributed by atoms with Crippen LogP contribution in [0.2, 0.25) is 0 Å². The quantitative estimate of drug-likeness (QED) is 0.829. The normalized spacial score (nSPS) is 19.3. The summed E-state index contributed by atoms with van der Waals surface area (Å²) >= 11 is 0. The van der Waals surface area contributed by atoms with Crippen LogP contribution in [-0.4, -0.2) is 16.9 Å². The van der Waals surface area contributed by atoms with Crippen LogP contribution in [0.15, 0.2) is 42.7 Å². The molecule has 0 bridgehead atoms. The average molecular weight is 382 g/mol. The third kappa shape index (κ3) is 5.43. The molecule has 4 nitrogen and oxygen atoms in total. The number of amides is 1. The molecule has 1 aliphatic carbocycles. The summed E-state index contributed by atoms with van der Waals surface area (Å²) in [6.07, 6.45) is 7.33. The highest BCUT2D eigenvalue weighted by Crippen LogP contribution is 2.28. The number of rotatable bonds is 3. The zero-order valence-corrected chi connectivity index (χ0v) is 15.9. The predicted octanol–water partition coefficient (Wildman–Crippen LogP) is 4.36. The molecular weight excluding hydrogens is 357 g/mol. The van der Waals surface area contributed by atoms with E-state index < -0.39 is 0 Å². The summed E-state index contributed by atoms with van der Waals surface area (Å²) in [5.74, 6) is 0.123. The Morgan fingerprint density at radius 2 is 1.84 bits per heavy atom. The van der Waals surface area contributed by atoms with Gasteiger partial charge >= 0.3 is 0 Å². The molecule has 1 heterocycles. The van der Waals surface area contributed by atoms with Gasteiger partial charge in [-0.15, -0.1) is 24.8 Å². The summed E-state index contributed by atoms with van der Waals surface area (Å²) in [4.78, 5) is 16.6. The lowest BCUT2D eigenvalue weighted by molar-refractivity contribution is -0.120. The minimum Gasteiger partial charge on any atom is -0.328 e. The largest absolute Gasteiger partial charge is 0.328 e. The first-order chi connectivity index (χ1) is 11.1. The molecule has 1 aliphatic rings. The molecule has 1 saturated carbocycles. The molecule has 1 amide bonds. The molecule has 0 spiro atoms. The highest BCUT2D eigenvalue weighted by Gasteiger charge is 2.25. The average Bonchev–Trinajstić information content (AvgIpc) is 2.57. The molecule has 3 N–H and O–H groups in total. The molecule has 0 aliphatic heterocycles. The first-order valence-electron chi connectivity index (χ1n) is 8.21. The molecule has 3 rings (SSSR count). The van der Waals surface area contributed by atoms with Crippen molar-refractivity contribution < 1.29 is 4.79 Å². The van der Waals surface area contributed by atoms with E-state index in [2.05, 4.69) is 16.4 Å². The SMILES string of the molecule is Cc1ccc(-c2ccncc2)cc1NC(=O)C1CCCC(N)C1.Cl.Cl. The van der Waals surface area contributed by atoms with E-state index >= 15 is 0 Å². The number of halogens is 2. The summed E-state index contributed by atoms with van der Waals surface area (Å²) < 4.78 is 0. The number of carbonyl (C=O) groups is 1. The molecule has 25 heavy (non-hydrogen) atoms. The number of hydrogen-bond acceptors (Lipinski definition) is 3. The molecule has 0 saturated heterocycles. The Balaban J connectivity index is 0.00000156. The number of pyridine rings is 1. The van der Waals surface area contributed by atoms with Crippen molar-refractivity contribution in [3.05, 3.63) is 48.3 Å². The first-order valence-corrected chi connectivity index (χ1v) is 8.21. The first kappa shape index (κ1) is 21.4. The van der Waals surface area contributed by atoms with Crippen LogP contribution in [0.1, 0.15) is 31.2 Å². The van der Waals surface area contributed by atoms with Gasteiger partial charge < -0.3 is 11.1 Å². The second-order valence-corrected chi connectivity index (χ2v) is 6.38. The van der Waals surface area contributed by atoms with Crippen molar-refractivity contribution in [1.29, 1.82) is 0 Å². The number of nitrogens with two attached hydrogens (primary N) is 1. The van der Waals surface area contributed by atoms with Crippen molar-refractivity contribution in [3.63, 3.8) is 0 Å². The molecule has 2 atom stereocenters. The lowest BCUT2D eigenvalue weighted by atomic mass is 9.85. The van der Waals surface area contributed by atoms with Crippen LogP contribution >= 0.6 is 24.8 Å². The molecule has 136 valence electrons. The standard InChI is InChI=1S/C19H23N3O.2ClH/c1-13-5-6-15(14-7-9-21-10-8-14)12-18(13)22-19(23)16-3-2-4-17(20)11-16;;/h5-10,12,16-17H,2-4,11,20H2,1H3,(H,22,23);2*1H. The number of nitrogens with one attached hydrogen (secondary N) is 1. The summed E-state index contributed by atoms with van der Waals surface area (Å²) in [5, 5.41) is 3.10. The van der Waals surface area contributed by atoms with E-state index in [9.17, 15) is 4.79 Å². The topological polar surface area (TPSA) is 68.0 Å². The van der Waals surface area contributed by atoms with Gasteiger partial charge in [0.25, 0.3) is 0 Å². The predicted molar refractivity (Wildman–Crippen MR) is 107 cm³/mol. The maximum atomic E-state index is 12.5. The van der Waals surface area contributed by atoms with Crippen molar-refractivity contribution in [3.8, 4) is 11.1 Å². The van der Waals surface area contributed by atoms with Crippen molar-refractivity contribution >= 4 is 36.4 Å². The van der Waals surface area contributed by atoms with Gasteiger partial charge in [-0.25, -0.2) is 0 Å². The van der Waals surface area contributed by atoms with Gasteiger partial charge in [0.15, 0.2) is 0 Å². The molecule has 1 aromatic carbocycles. The molecule has 2 aromatic rings. The molecule has 0 radical (unpaired) electrons. The number of carbonyl (C=O) groups excluding carboxylic acids is 1. The maximum Gasteiger partial charge on any atom is 0.227 e. The van der Waals surface area contributed by atoms with Crippen molar-refractivity contribution in [1.82, 2.24) is 4.98 Å². The molecule has 1 aromatic heterocycles. The summed E-state index contributed by atoms with van der Waals surface area (Å²) in [7, 11) is 0. The highest BCUT2D eigenvalue weighted by molar-refractivity contribution is 5.94. The number of nitrogens with zero attached hydrogens (tertiary/aromatic N) is 1. The van der Waals surface area contributed by atoms with Crippen LogP contribution in [-0.2, 0) is 4.79 Å². The number of hydrogen-bond donors (Lipinski definition) is 2. The maximum absolute atomic E-state index is 12.5. The fraction of sp³-hybridized carbons (Fsp3) is 0.368. The molecule has 1 fully saturated rings. The number of anilines is 1. The number of aryl methyl sites for hydroxylation is 1. The van der Waals surface area contributed by atoms with E-state index in [1.54, 1.807) is 12.4 Å². The minimum absolute atomic E-state index is 0. The Morgan fingerprint density at radius 3 is 2.52 bits per heavy atom. The summed E-state index contributed by atoms with van der Waals surface area (Å²) in [5.41, 5.74) is 10.1. The molecule has 2 unspecified atom stereocenters. The van der Waals surface area contributed by atoms with E-state index in [1.165, 1.54) is 0 Å². The van der Waals surface area contributed by atoms with E-state index in [-0.39, 0.29) is 42.7 Å². The third-order valence-corrected chi connectivity index (χ3v) is 4.59. The lowest BCUT2D eigenvalue weighted by Crippen LogP contribution is -2.34. The van der Waals surface area contributed by atoms with Gasteiger partial charge in [0, 0.05) is 30.0 Å². The fourth-order valence-electron chi connectivity index (χ4n) is 3.18. The van der Waals surface area contributed by atoms with Crippen LogP contribution in [0.5, 0.6) is 0 Å².